The normalized spacial score (nSPS) is 22.4. The van der Waals surface area contributed by atoms with Crippen molar-refractivity contribution < 1.29 is 18.4 Å². The van der Waals surface area contributed by atoms with Crippen LogP contribution < -0.4 is 16.0 Å². The molecule has 2 unspecified atom stereocenters. The molecule has 2 heterocycles. The summed E-state index contributed by atoms with van der Waals surface area (Å²) in [5, 5.41) is 8.79. The van der Waals surface area contributed by atoms with Gasteiger partial charge >= 0.3 is 0 Å². The molecule has 9 heteroatoms. The van der Waals surface area contributed by atoms with Crippen LogP contribution in [0.3, 0.4) is 0 Å². The summed E-state index contributed by atoms with van der Waals surface area (Å²) in [4.78, 5) is 26.3. The molecule has 2 aliphatic rings. The smallest absolute Gasteiger partial charge is 0.238 e. The average molecular weight is 417 g/mol. The number of anilines is 1. The average Bonchev–Trinajstić information content (AvgIpc) is 3.18. The van der Waals surface area contributed by atoms with Crippen molar-refractivity contribution >= 4 is 29.9 Å². The number of piperidine rings is 1. The largest absolute Gasteiger partial charge is 0.354 e. The van der Waals surface area contributed by atoms with E-state index in [4.69, 9.17) is 0 Å². The van der Waals surface area contributed by atoms with Crippen LogP contribution in [0.25, 0.3) is 0 Å². The van der Waals surface area contributed by atoms with E-state index in [1.165, 1.54) is 6.07 Å². The highest BCUT2D eigenvalue weighted by molar-refractivity contribution is 5.92. The van der Waals surface area contributed by atoms with Gasteiger partial charge in [-0.05, 0) is 56.8 Å². The highest BCUT2D eigenvalue weighted by atomic mass is 35.5. The van der Waals surface area contributed by atoms with Crippen molar-refractivity contribution in [1.82, 2.24) is 15.5 Å². The number of likely N-dealkylation sites (tertiary alicyclic amines) is 1. The molecule has 6 nitrogen and oxygen atoms in total. The van der Waals surface area contributed by atoms with E-state index in [1.807, 2.05) is 4.90 Å². The zero-order valence-corrected chi connectivity index (χ0v) is 16.5. The predicted octanol–water partition coefficient (Wildman–Crippen LogP) is 1.91. The lowest BCUT2D eigenvalue weighted by Crippen LogP contribution is -2.46. The molecule has 0 spiro atoms. The number of carbonyl (C=O) groups is 2. The maximum atomic E-state index is 13.2. The number of halogens is 3. The van der Waals surface area contributed by atoms with Gasteiger partial charge in [0.15, 0.2) is 11.6 Å². The molecule has 0 bridgehead atoms. The van der Waals surface area contributed by atoms with Crippen LogP contribution in [0.4, 0.5) is 14.5 Å². The second-order valence-electron chi connectivity index (χ2n) is 7.31. The summed E-state index contributed by atoms with van der Waals surface area (Å²) in [6.07, 6.45) is 3.88. The van der Waals surface area contributed by atoms with E-state index in [2.05, 4.69) is 16.0 Å². The number of hydrogen-bond acceptors (Lipinski definition) is 4. The van der Waals surface area contributed by atoms with E-state index in [9.17, 15) is 18.4 Å². The first-order chi connectivity index (χ1) is 13.0. The minimum absolute atomic E-state index is 0. The Morgan fingerprint density at radius 3 is 2.71 bits per heavy atom. The maximum absolute atomic E-state index is 13.2. The Bertz CT molecular complexity index is 686. The van der Waals surface area contributed by atoms with Gasteiger partial charge in [0.05, 0.1) is 12.6 Å². The lowest BCUT2D eigenvalue weighted by Gasteiger charge is -2.32. The fourth-order valence-electron chi connectivity index (χ4n) is 3.72. The van der Waals surface area contributed by atoms with E-state index < -0.39 is 11.6 Å². The summed E-state index contributed by atoms with van der Waals surface area (Å²) in [5.41, 5.74) is 0.240. The number of benzene rings is 1. The third-order valence-corrected chi connectivity index (χ3v) is 5.12. The van der Waals surface area contributed by atoms with Crippen molar-refractivity contribution in [3.05, 3.63) is 29.8 Å². The molecule has 1 aromatic carbocycles. The van der Waals surface area contributed by atoms with Gasteiger partial charge in [-0.3, -0.25) is 14.5 Å². The summed E-state index contributed by atoms with van der Waals surface area (Å²) in [5.74, 6) is -1.83. The van der Waals surface area contributed by atoms with Gasteiger partial charge in [-0.25, -0.2) is 8.78 Å². The van der Waals surface area contributed by atoms with Crippen LogP contribution in [0.1, 0.15) is 25.7 Å². The summed E-state index contributed by atoms with van der Waals surface area (Å²) in [6.45, 7) is 3.22. The monoisotopic (exact) mass is 416 g/mol. The van der Waals surface area contributed by atoms with Gasteiger partial charge < -0.3 is 16.0 Å². The molecular weight excluding hydrogens is 390 g/mol. The molecule has 1 aromatic rings. The lowest BCUT2D eigenvalue weighted by atomic mass is 9.98. The SMILES string of the molecule is Cl.O=C(CN1CCCC(CNC(=O)C2CCCN2)C1)Nc1ccc(F)c(F)c1. The highest BCUT2D eigenvalue weighted by Gasteiger charge is 2.25. The van der Waals surface area contributed by atoms with Gasteiger partial charge in [-0.1, -0.05) is 0 Å². The molecule has 2 amide bonds. The number of amides is 2. The second kappa shape index (κ2) is 10.7. The quantitative estimate of drug-likeness (QED) is 0.662. The van der Waals surface area contributed by atoms with Crippen LogP contribution >= 0.6 is 12.4 Å². The second-order valence-corrected chi connectivity index (χ2v) is 7.31. The van der Waals surface area contributed by atoms with Crippen molar-refractivity contribution in [3.8, 4) is 0 Å². The predicted molar refractivity (Wildman–Crippen MR) is 105 cm³/mol. The van der Waals surface area contributed by atoms with E-state index in [0.717, 1.165) is 57.5 Å². The van der Waals surface area contributed by atoms with E-state index in [1.54, 1.807) is 0 Å². The van der Waals surface area contributed by atoms with E-state index in [-0.39, 0.29) is 42.5 Å². The number of nitrogens with one attached hydrogen (secondary N) is 3. The zero-order chi connectivity index (χ0) is 19.2. The Hall–Kier alpha value is -1.77. The van der Waals surface area contributed by atoms with E-state index in [0.29, 0.717) is 12.5 Å². The number of rotatable bonds is 6. The minimum atomic E-state index is -0.988. The van der Waals surface area contributed by atoms with Crippen LogP contribution in [0.5, 0.6) is 0 Å². The topological polar surface area (TPSA) is 73.5 Å². The van der Waals surface area contributed by atoms with Crippen LogP contribution in [-0.2, 0) is 9.59 Å². The zero-order valence-electron chi connectivity index (χ0n) is 15.7. The Balaban J connectivity index is 0.00000280. The molecule has 28 heavy (non-hydrogen) atoms. The van der Waals surface area contributed by atoms with Gasteiger partial charge in [0.2, 0.25) is 11.8 Å². The van der Waals surface area contributed by atoms with Crippen LogP contribution in [0.15, 0.2) is 18.2 Å². The van der Waals surface area contributed by atoms with Gasteiger partial charge in [-0.2, -0.15) is 0 Å². The number of hydrogen-bond donors (Lipinski definition) is 3. The molecule has 2 fully saturated rings. The minimum Gasteiger partial charge on any atom is -0.354 e. The first-order valence-corrected chi connectivity index (χ1v) is 9.49. The first kappa shape index (κ1) is 22.5. The third kappa shape index (κ3) is 6.39. The first-order valence-electron chi connectivity index (χ1n) is 9.49. The Morgan fingerprint density at radius 2 is 2.00 bits per heavy atom. The Morgan fingerprint density at radius 1 is 1.18 bits per heavy atom. The third-order valence-electron chi connectivity index (χ3n) is 5.12. The van der Waals surface area contributed by atoms with E-state index >= 15 is 0 Å². The molecule has 2 atom stereocenters. The molecular formula is C19H27ClF2N4O2. The molecule has 0 aliphatic carbocycles. The molecule has 3 N–H and O–H groups in total. The molecule has 0 radical (unpaired) electrons. The van der Waals surface area contributed by atoms with Gasteiger partial charge in [0.1, 0.15) is 0 Å². The molecule has 156 valence electrons. The van der Waals surface area contributed by atoms with Gasteiger partial charge in [0, 0.05) is 24.8 Å². The number of nitrogens with zero attached hydrogens (tertiary/aromatic N) is 1. The maximum Gasteiger partial charge on any atom is 0.238 e. The Kier molecular flexibility index (Phi) is 8.59. The van der Waals surface area contributed by atoms with Crippen molar-refractivity contribution in [2.75, 3.05) is 38.0 Å². The van der Waals surface area contributed by atoms with Crippen molar-refractivity contribution in [3.63, 3.8) is 0 Å². The standard InChI is InChI=1S/C19H26F2N4O2.ClH/c20-15-6-5-14(9-16(15)21)24-18(26)12-25-8-2-3-13(11-25)10-23-19(27)17-4-1-7-22-17;/h5-6,9,13,17,22H,1-4,7-8,10-12H2,(H,23,27)(H,24,26);1H. The molecule has 0 aromatic heterocycles. The summed E-state index contributed by atoms with van der Waals surface area (Å²) < 4.78 is 26.2. The fraction of sp³-hybridized carbons (Fsp3) is 0.579. The van der Waals surface area contributed by atoms with Crippen LogP contribution in [-0.4, -0.2) is 55.5 Å². The van der Waals surface area contributed by atoms with Gasteiger partial charge in [0.25, 0.3) is 0 Å². The summed E-state index contributed by atoms with van der Waals surface area (Å²) in [7, 11) is 0. The number of carbonyl (C=O) groups excluding carboxylic acids is 2. The molecule has 2 saturated heterocycles. The molecule has 0 saturated carbocycles. The summed E-state index contributed by atoms with van der Waals surface area (Å²) in [6, 6.07) is 3.22. The summed E-state index contributed by atoms with van der Waals surface area (Å²) >= 11 is 0. The highest BCUT2D eigenvalue weighted by Crippen LogP contribution is 2.17. The lowest BCUT2D eigenvalue weighted by molar-refractivity contribution is -0.123. The van der Waals surface area contributed by atoms with Crippen molar-refractivity contribution in [1.29, 1.82) is 0 Å². The molecule has 3 rings (SSSR count). The van der Waals surface area contributed by atoms with Crippen molar-refractivity contribution in [2.24, 2.45) is 5.92 Å². The van der Waals surface area contributed by atoms with Gasteiger partial charge in [-0.15, -0.1) is 12.4 Å². The van der Waals surface area contributed by atoms with Crippen LogP contribution in [0.2, 0.25) is 0 Å². The van der Waals surface area contributed by atoms with Crippen molar-refractivity contribution in [2.45, 2.75) is 31.7 Å². The van der Waals surface area contributed by atoms with Crippen LogP contribution in [0, 0.1) is 17.6 Å². The Labute approximate surface area is 169 Å². The fourth-order valence-corrected chi connectivity index (χ4v) is 3.72. The molecule has 2 aliphatic heterocycles.